The molecule has 1 aromatic heterocycles. The Morgan fingerprint density at radius 2 is 2.30 bits per heavy atom. The third kappa shape index (κ3) is 3.28. The van der Waals surface area contributed by atoms with Gasteiger partial charge in [-0.2, -0.15) is 10.2 Å². The molecule has 2 aromatic rings. The van der Waals surface area contributed by atoms with Gasteiger partial charge in [0.2, 0.25) is 5.88 Å². The average molecular weight is 309 g/mol. The summed E-state index contributed by atoms with van der Waals surface area (Å²) in [5, 5.41) is 21.9. The van der Waals surface area contributed by atoms with E-state index in [9.17, 15) is 5.02 Å². The van der Waals surface area contributed by atoms with Crippen LogP contribution in [0.2, 0.25) is 0 Å². The summed E-state index contributed by atoms with van der Waals surface area (Å²) < 4.78 is 10.7. The maximum Gasteiger partial charge on any atom is 0.491 e. The SMILES string of the molecule is CCCOc1nc(Nc2ccc3c(c2)COB3O)ccc1C#N. The third-order valence-electron chi connectivity index (χ3n) is 3.50. The Morgan fingerprint density at radius 1 is 1.43 bits per heavy atom. The topological polar surface area (TPSA) is 87.4 Å². The fourth-order valence-electron chi connectivity index (χ4n) is 2.36. The zero-order chi connectivity index (χ0) is 16.2. The number of hydrogen-bond donors (Lipinski definition) is 2. The minimum absolute atomic E-state index is 0.333. The molecule has 1 aromatic carbocycles. The van der Waals surface area contributed by atoms with Gasteiger partial charge in [-0.05, 0) is 41.7 Å². The molecular formula is C16H16BN3O3. The summed E-state index contributed by atoms with van der Waals surface area (Å²) in [6.45, 7) is 2.89. The van der Waals surface area contributed by atoms with Crippen LogP contribution in [0.25, 0.3) is 0 Å². The van der Waals surface area contributed by atoms with E-state index in [4.69, 9.17) is 14.7 Å². The van der Waals surface area contributed by atoms with Gasteiger partial charge in [0.1, 0.15) is 17.5 Å². The van der Waals surface area contributed by atoms with Gasteiger partial charge in [-0.3, -0.25) is 0 Å². The van der Waals surface area contributed by atoms with E-state index in [1.165, 1.54) is 0 Å². The van der Waals surface area contributed by atoms with Gasteiger partial charge < -0.3 is 19.7 Å². The van der Waals surface area contributed by atoms with Crippen LogP contribution < -0.4 is 15.5 Å². The van der Waals surface area contributed by atoms with E-state index in [0.717, 1.165) is 23.1 Å². The number of rotatable bonds is 5. The second-order valence-electron chi connectivity index (χ2n) is 5.21. The average Bonchev–Trinajstić information content (AvgIpc) is 2.94. The molecule has 7 heteroatoms. The van der Waals surface area contributed by atoms with Gasteiger partial charge in [0.25, 0.3) is 0 Å². The fraction of sp³-hybridized carbons (Fsp3) is 0.250. The van der Waals surface area contributed by atoms with Crippen LogP contribution in [0.1, 0.15) is 24.5 Å². The second kappa shape index (κ2) is 6.69. The predicted octanol–water partition coefficient (Wildman–Crippen LogP) is 1.70. The smallest absolute Gasteiger partial charge is 0.477 e. The first-order valence-electron chi connectivity index (χ1n) is 7.44. The normalized spacial score (nSPS) is 12.7. The molecule has 0 unspecified atom stereocenters. The fourth-order valence-corrected chi connectivity index (χ4v) is 2.36. The molecule has 6 nitrogen and oxygen atoms in total. The molecule has 0 fully saturated rings. The van der Waals surface area contributed by atoms with Gasteiger partial charge in [0.05, 0.1) is 13.2 Å². The number of ether oxygens (including phenoxy) is 1. The lowest BCUT2D eigenvalue weighted by molar-refractivity contribution is 0.275. The molecule has 0 saturated heterocycles. The van der Waals surface area contributed by atoms with E-state index < -0.39 is 7.12 Å². The summed E-state index contributed by atoms with van der Waals surface area (Å²) in [7, 11) is -0.846. The van der Waals surface area contributed by atoms with Crippen molar-refractivity contribution in [3.63, 3.8) is 0 Å². The Hall–Kier alpha value is -2.56. The maximum atomic E-state index is 9.64. The van der Waals surface area contributed by atoms with E-state index in [-0.39, 0.29) is 0 Å². The van der Waals surface area contributed by atoms with Gasteiger partial charge in [-0.1, -0.05) is 13.0 Å². The molecule has 0 saturated carbocycles. The number of fused-ring (bicyclic) bond motifs is 1. The number of anilines is 2. The van der Waals surface area contributed by atoms with Crippen LogP contribution in [-0.4, -0.2) is 23.7 Å². The maximum absolute atomic E-state index is 9.64. The molecular weight excluding hydrogens is 293 g/mol. The highest BCUT2D eigenvalue weighted by Crippen LogP contribution is 2.22. The lowest BCUT2D eigenvalue weighted by Gasteiger charge is -2.10. The van der Waals surface area contributed by atoms with E-state index in [0.29, 0.717) is 30.5 Å². The second-order valence-corrected chi connectivity index (χ2v) is 5.21. The van der Waals surface area contributed by atoms with E-state index >= 15 is 0 Å². The van der Waals surface area contributed by atoms with Crippen molar-refractivity contribution in [3.8, 4) is 11.9 Å². The minimum atomic E-state index is -0.846. The zero-order valence-electron chi connectivity index (χ0n) is 12.7. The van der Waals surface area contributed by atoms with Crippen molar-refractivity contribution in [1.82, 2.24) is 4.98 Å². The highest BCUT2D eigenvalue weighted by atomic mass is 16.5. The third-order valence-corrected chi connectivity index (χ3v) is 3.50. The molecule has 0 atom stereocenters. The lowest BCUT2D eigenvalue weighted by atomic mass is 9.79. The molecule has 0 amide bonds. The molecule has 1 aliphatic heterocycles. The number of nitriles is 1. The van der Waals surface area contributed by atoms with E-state index in [1.807, 2.05) is 25.1 Å². The molecule has 2 N–H and O–H groups in total. The van der Waals surface area contributed by atoms with Crippen LogP contribution >= 0.6 is 0 Å². The van der Waals surface area contributed by atoms with Crippen molar-refractivity contribution in [1.29, 1.82) is 5.26 Å². The molecule has 1 aliphatic rings. The highest BCUT2D eigenvalue weighted by Gasteiger charge is 2.27. The number of aromatic nitrogens is 1. The Morgan fingerprint density at radius 3 is 3.09 bits per heavy atom. The molecule has 3 rings (SSSR count). The minimum Gasteiger partial charge on any atom is -0.477 e. The number of nitrogens with one attached hydrogen (secondary N) is 1. The first kappa shape index (κ1) is 15.3. The summed E-state index contributed by atoms with van der Waals surface area (Å²) in [6, 6.07) is 11.1. The quantitative estimate of drug-likeness (QED) is 0.818. The predicted molar refractivity (Wildman–Crippen MR) is 86.9 cm³/mol. The summed E-state index contributed by atoms with van der Waals surface area (Å²) in [5.74, 6) is 0.925. The number of pyridine rings is 1. The van der Waals surface area contributed by atoms with Crippen molar-refractivity contribution in [2.75, 3.05) is 11.9 Å². The van der Waals surface area contributed by atoms with Gasteiger partial charge in [0, 0.05) is 5.69 Å². The Bertz CT molecular complexity index is 761. The molecule has 116 valence electrons. The van der Waals surface area contributed by atoms with Crippen LogP contribution in [0.15, 0.2) is 30.3 Å². The van der Waals surface area contributed by atoms with Crippen molar-refractivity contribution in [3.05, 3.63) is 41.5 Å². The summed E-state index contributed by atoms with van der Waals surface area (Å²) in [4.78, 5) is 4.35. The largest absolute Gasteiger partial charge is 0.491 e. The first-order chi connectivity index (χ1) is 11.2. The zero-order valence-corrected chi connectivity index (χ0v) is 12.7. The van der Waals surface area contributed by atoms with Gasteiger partial charge >= 0.3 is 7.12 Å². The molecule has 0 radical (unpaired) electrons. The Kier molecular flexibility index (Phi) is 4.46. The molecule has 2 heterocycles. The molecule has 0 bridgehead atoms. The number of hydrogen-bond acceptors (Lipinski definition) is 6. The molecule has 0 spiro atoms. The first-order valence-corrected chi connectivity index (χ1v) is 7.44. The standard InChI is InChI=1S/C16H16BN3O3/c1-2-7-22-16-11(9-18)3-6-15(20-16)19-13-4-5-14-12(8-13)10-23-17(14)21/h3-6,8,21H,2,7,10H2,1H3,(H,19,20). The van der Waals surface area contributed by atoms with Gasteiger partial charge in [-0.15, -0.1) is 0 Å². The summed E-state index contributed by atoms with van der Waals surface area (Å²) in [6.07, 6.45) is 0.845. The highest BCUT2D eigenvalue weighted by molar-refractivity contribution is 6.61. The molecule has 23 heavy (non-hydrogen) atoms. The van der Waals surface area contributed by atoms with Crippen LogP contribution in [0, 0.1) is 11.3 Å². The Balaban J connectivity index is 1.81. The van der Waals surface area contributed by atoms with Crippen LogP contribution in [-0.2, 0) is 11.3 Å². The van der Waals surface area contributed by atoms with Crippen molar-refractivity contribution in [2.45, 2.75) is 20.0 Å². The van der Waals surface area contributed by atoms with Crippen molar-refractivity contribution < 1.29 is 14.4 Å². The number of benzene rings is 1. The van der Waals surface area contributed by atoms with Gasteiger partial charge in [0.15, 0.2) is 0 Å². The van der Waals surface area contributed by atoms with E-state index in [2.05, 4.69) is 16.4 Å². The lowest BCUT2D eigenvalue weighted by Crippen LogP contribution is -2.27. The van der Waals surface area contributed by atoms with Crippen LogP contribution in [0.4, 0.5) is 11.5 Å². The van der Waals surface area contributed by atoms with Gasteiger partial charge in [-0.25, -0.2) is 0 Å². The monoisotopic (exact) mass is 309 g/mol. The van der Waals surface area contributed by atoms with Crippen LogP contribution in [0.3, 0.4) is 0 Å². The summed E-state index contributed by atoms with van der Waals surface area (Å²) >= 11 is 0. The summed E-state index contributed by atoms with van der Waals surface area (Å²) in [5.41, 5.74) is 2.98. The van der Waals surface area contributed by atoms with Crippen molar-refractivity contribution in [2.24, 2.45) is 0 Å². The van der Waals surface area contributed by atoms with Crippen molar-refractivity contribution >= 4 is 24.1 Å². The van der Waals surface area contributed by atoms with Crippen LogP contribution in [0.5, 0.6) is 5.88 Å². The Labute approximate surface area is 134 Å². The number of nitrogens with zero attached hydrogens (tertiary/aromatic N) is 2. The molecule has 0 aliphatic carbocycles. The van der Waals surface area contributed by atoms with E-state index in [1.54, 1.807) is 12.1 Å².